The van der Waals surface area contributed by atoms with Gasteiger partial charge in [-0.3, -0.25) is 4.79 Å². The van der Waals surface area contributed by atoms with Crippen LogP contribution in [-0.2, 0) is 23.8 Å². The predicted molar refractivity (Wildman–Crippen MR) is 96.5 cm³/mol. The van der Waals surface area contributed by atoms with Gasteiger partial charge in [-0.15, -0.1) is 0 Å². The molecule has 0 saturated heterocycles. The van der Waals surface area contributed by atoms with Crippen LogP contribution in [0.25, 0.3) is 0 Å². The molecule has 0 atom stereocenters. The lowest BCUT2D eigenvalue weighted by atomic mass is 10.0. The minimum absolute atomic E-state index is 0.0455. The van der Waals surface area contributed by atoms with E-state index in [-0.39, 0.29) is 11.4 Å². The molecule has 0 spiro atoms. The number of carbonyl (C=O) groups excluding carboxylic acids is 1. The van der Waals surface area contributed by atoms with Crippen LogP contribution in [0.4, 0.5) is 18.9 Å². The maximum atomic E-state index is 12.7. The minimum atomic E-state index is -4.47. The third kappa shape index (κ3) is 4.25. The number of carbonyl (C=O) groups is 1. The lowest BCUT2D eigenvalue weighted by Crippen LogP contribution is -2.15. The fraction of sp³-hybridized carbons (Fsp3) is 0.316. The number of benzene rings is 1. The predicted octanol–water partition coefficient (Wildman–Crippen LogP) is 4.50. The number of hydrogen-bond acceptors (Lipinski definition) is 4. The zero-order chi connectivity index (χ0) is 19.6. The highest BCUT2D eigenvalue weighted by molar-refractivity contribution is 8.00. The summed E-state index contributed by atoms with van der Waals surface area (Å²) >= 11 is 1.12. The number of nitriles is 1. The quantitative estimate of drug-likeness (QED) is 0.780. The third-order valence-corrected chi connectivity index (χ3v) is 5.37. The maximum absolute atomic E-state index is 12.7. The van der Waals surface area contributed by atoms with Crippen molar-refractivity contribution in [3.8, 4) is 6.07 Å². The van der Waals surface area contributed by atoms with Gasteiger partial charge in [-0.2, -0.15) is 18.4 Å². The summed E-state index contributed by atoms with van der Waals surface area (Å²) in [5.41, 5.74) is 2.70. The number of nitrogens with one attached hydrogen (secondary N) is 1. The normalized spacial score (nSPS) is 13.1. The van der Waals surface area contributed by atoms with Crippen LogP contribution >= 0.6 is 11.8 Å². The summed E-state index contributed by atoms with van der Waals surface area (Å²) < 4.78 is 38.2. The zero-order valence-electron chi connectivity index (χ0n) is 14.5. The smallest absolute Gasteiger partial charge is 0.325 e. The standard InChI is InChI=1S/C19H16F3N3OS/c1-11-14-6-3-7-16(14)25-18(15(11)9-23)27-10-17(26)24-13-5-2-4-12(8-13)19(20,21)22/h2,4-5,8H,3,6-7,10H2,1H3,(H,24,26). The molecule has 0 aliphatic heterocycles. The first-order chi connectivity index (χ1) is 12.8. The highest BCUT2D eigenvalue weighted by atomic mass is 32.2. The molecule has 1 N–H and O–H groups in total. The number of anilines is 1. The van der Waals surface area contributed by atoms with Crippen molar-refractivity contribution in [3.05, 3.63) is 52.2 Å². The van der Waals surface area contributed by atoms with Gasteiger partial charge >= 0.3 is 6.18 Å². The lowest BCUT2D eigenvalue weighted by Gasteiger charge is -2.12. The fourth-order valence-electron chi connectivity index (χ4n) is 3.09. The van der Waals surface area contributed by atoms with Crippen LogP contribution in [0.5, 0.6) is 0 Å². The van der Waals surface area contributed by atoms with E-state index in [1.807, 2.05) is 6.92 Å². The van der Waals surface area contributed by atoms with Gasteiger partial charge in [0.25, 0.3) is 0 Å². The van der Waals surface area contributed by atoms with E-state index in [0.29, 0.717) is 10.6 Å². The van der Waals surface area contributed by atoms with Crippen LogP contribution in [0.2, 0.25) is 0 Å². The SMILES string of the molecule is Cc1c(C#N)c(SCC(=O)Nc2cccc(C(F)(F)F)c2)nc2c1CCC2. The van der Waals surface area contributed by atoms with E-state index in [9.17, 15) is 23.2 Å². The molecule has 27 heavy (non-hydrogen) atoms. The molecule has 1 aliphatic carbocycles. The maximum Gasteiger partial charge on any atom is 0.416 e. The van der Waals surface area contributed by atoms with Crippen molar-refractivity contribution in [3.63, 3.8) is 0 Å². The van der Waals surface area contributed by atoms with E-state index in [1.165, 1.54) is 12.1 Å². The number of rotatable bonds is 4. The molecule has 1 aliphatic rings. The van der Waals surface area contributed by atoms with Crippen molar-refractivity contribution in [2.24, 2.45) is 0 Å². The van der Waals surface area contributed by atoms with Gasteiger partial charge in [0.1, 0.15) is 11.1 Å². The number of fused-ring (bicyclic) bond motifs is 1. The molecule has 0 radical (unpaired) electrons. The highest BCUT2D eigenvalue weighted by Crippen LogP contribution is 2.32. The van der Waals surface area contributed by atoms with Crippen molar-refractivity contribution in [1.82, 2.24) is 4.98 Å². The average Bonchev–Trinajstić information content (AvgIpc) is 3.08. The molecule has 0 fully saturated rings. The number of aromatic nitrogens is 1. The van der Waals surface area contributed by atoms with Gasteiger partial charge < -0.3 is 5.32 Å². The Morgan fingerprint density at radius 3 is 2.85 bits per heavy atom. The first-order valence-electron chi connectivity index (χ1n) is 8.32. The van der Waals surface area contributed by atoms with Crippen LogP contribution in [0.1, 0.15) is 34.4 Å². The summed E-state index contributed by atoms with van der Waals surface area (Å²) in [6, 6.07) is 6.63. The zero-order valence-corrected chi connectivity index (χ0v) is 15.3. The van der Waals surface area contributed by atoms with E-state index >= 15 is 0 Å². The Morgan fingerprint density at radius 1 is 1.37 bits per heavy atom. The Balaban J connectivity index is 1.70. The van der Waals surface area contributed by atoms with E-state index in [2.05, 4.69) is 16.4 Å². The second kappa shape index (κ2) is 7.61. The molecule has 140 valence electrons. The van der Waals surface area contributed by atoms with Crippen molar-refractivity contribution < 1.29 is 18.0 Å². The van der Waals surface area contributed by atoms with Gasteiger partial charge in [0.2, 0.25) is 5.91 Å². The fourth-order valence-corrected chi connectivity index (χ4v) is 3.94. The summed E-state index contributed by atoms with van der Waals surface area (Å²) in [7, 11) is 0. The van der Waals surface area contributed by atoms with Gasteiger partial charge in [0.05, 0.1) is 16.9 Å². The number of alkyl halides is 3. The van der Waals surface area contributed by atoms with Gasteiger partial charge in [0.15, 0.2) is 0 Å². The summed E-state index contributed by atoms with van der Waals surface area (Å²) in [6.07, 6.45) is -1.71. The first-order valence-corrected chi connectivity index (χ1v) is 9.30. The topological polar surface area (TPSA) is 65.8 Å². The molecule has 2 aromatic rings. The van der Waals surface area contributed by atoms with Crippen LogP contribution in [0, 0.1) is 18.3 Å². The van der Waals surface area contributed by atoms with E-state index < -0.39 is 17.6 Å². The average molecular weight is 391 g/mol. The van der Waals surface area contributed by atoms with E-state index in [1.54, 1.807) is 0 Å². The largest absolute Gasteiger partial charge is 0.416 e. The minimum Gasteiger partial charge on any atom is -0.325 e. The number of hydrogen-bond donors (Lipinski definition) is 1. The number of halogens is 3. The molecule has 0 unspecified atom stereocenters. The Labute approximate surface area is 158 Å². The molecule has 8 heteroatoms. The molecule has 0 bridgehead atoms. The molecular formula is C19H16F3N3OS. The Morgan fingerprint density at radius 2 is 2.15 bits per heavy atom. The number of nitrogens with zero attached hydrogens (tertiary/aromatic N) is 2. The number of pyridine rings is 1. The summed E-state index contributed by atoms with van der Waals surface area (Å²) in [5, 5.41) is 12.4. The van der Waals surface area contributed by atoms with Crippen molar-refractivity contribution in [1.29, 1.82) is 5.26 Å². The Bertz CT molecular complexity index is 935. The molecule has 1 amide bonds. The molecule has 4 nitrogen and oxygen atoms in total. The number of amides is 1. The monoisotopic (exact) mass is 391 g/mol. The molecule has 0 saturated carbocycles. The van der Waals surface area contributed by atoms with Gasteiger partial charge in [-0.1, -0.05) is 17.8 Å². The van der Waals surface area contributed by atoms with Crippen molar-refractivity contribution in [2.75, 3.05) is 11.1 Å². The summed E-state index contributed by atoms with van der Waals surface area (Å²) in [5.74, 6) is -0.501. The summed E-state index contributed by atoms with van der Waals surface area (Å²) in [4.78, 5) is 16.7. The van der Waals surface area contributed by atoms with Gasteiger partial charge in [-0.25, -0.2) is 4.98 Å². The molecule has 1 aromatic heterocycles. The summed E-state index contributed by atoms with van der Waals surface area (Å²) in [6.45, 7) is 1.89. The molecular weight excluding hydrogens is 375 g/mol. The van der Waals surface area contributed by atoms with Crippen LogP contribution in [0.3, 0.4) is 0 Å². The van der Waals surface area contributed by atoms with Gasteiger partial charge in [0, 0.05) is 11.4 Å². The highest BCUT2D eigenvalue weighted by Gasteiger charge is 2.30. The van der Waals surface area contributed by atoms with Crippen molar-refractivity contribution >= 4 is 23.4 Å². The Kier molecular flexibility index (Phi) is 5.42. The second-order valence-corrected chi connectivity index (χ2v) is 7.19. The van der Waals surface area contributed by atoms with Crippen molar-refractivity contribution in [2.45, 2.75) is 37.4 Å². The number of thioether (sulfide) groups is 1. The Hall–Kier alpha value is -2.53. The van der Waals surface area contributed by atoms with Crippen LogP contribution in [0.15, 0.2) is 29.3 Å². The number of aryl methyl sites for hydroxylation is 1. The molecule has 1 heterocycles. The molecule has 3 rings (SSSR count). The molecule has 1 aromatic carbocycles. The van der Waals surface area contributed by atoms with E-state index in [4.69, 9.17) is 0 Å². The van der Waals surface area contributed by atoms with E-state index in [0.717, 1.165) is 60.0 Å². The van der Waals surface area contributed by atoms with Gasteiger partial charge in [-0.05, 0) is 55.5 Å². The van der Waals surface area contributed by atoms with Crippen LogP contribution < -0.4 is 5.32 Å². The second-order valence-electron chi connectivity index (χ2n) is 6.22. The lowest BCUT2D eigenvalue weighted by molar-refractivity contribution is -0.137. The van der Waals surface area contributed by atoms with Crippen LogP contribution in [-0.4, -0.2) is 16.6 Å². The third-order valence-electron chi connectivity index (χ3n) is 4.39. The first kappa shape index (κ1) is 19.2.